The molecule has 1 aliphatic heterocycles. The Hall–Kier alpha value is -0.810. The van der Waals surface area contributed by atoms with Crippen molar-refractivity contribution in [3.8, 4) is 0 Å². The summed E-state index contributed by atoms with van der Waals surface area (Å²) in [6.07, 6.45) is 3.53. The van der Waals surface area contributed by atoms with Gasteiger partial charge in [-0.15, -0.1) is 0 Å². The monoisotopic (exact) mass is 258 g/mol. The zero-order chi connectivity index (χ0) is 13.4. The molecule has 0 aromatic carbocycles. The van der Waals surface area contributed by atoms with Crippen LogP contribution in [0.25, 0.3) is 0 Å². The van der Waals surface area contributed by atoms with Gasteiger partial charge in [0.25, 0.3) is 0 Å². The van der Waals surface area contributed by atoms with E-state index >= 15 is 0 Å². The predicted octanol–water partition coefficient (Wildman–Crippen LogP) is 1.67. The van der Waals surface area contributed by atoms with Crippen LogP contribution in [0.5, 0.6) is 0 Å². The molecule has 0 spiro atoms. The second-order valence-electron chi connectivity index (χ2n) is 5.62. The molecule has 1 aliphatic rings. The number of carbonyl (C=O) groups is 1. The summed E-state index contributed by atoms with van der Waals surface area (Å²) in [5, 5.41) is 5.99. The largest absolute Gasteiger partial charge is 0.444 e. The van der Waals surface area contributed by atoms with Gasteiger partial charge in [-0.1, -0.05) is 0 Å². The van der Waals surface area contributed by atoms with Gasteiger partial charge in [0, 0.05) is 26.2 Å². The molecule has 1 fully saturated rings. The summed E-state index contributed by atoms with van der Waals surface area (Å²) in [7, 11) is 0. The third-order valence-corrected chi connectivity index (χ3v) is 2.62. The summed E-state index contributed by atoms with van der Waals surface area (Å²) in [5.41, 5.74) is -0.437. The van der Waals surface area contributed by atoms with E-state index in [1.807, 2.05) is 20.8 Å². The summed E-state index contributed by atoms with van der Waals surface area (Å²) in [6, 6.07) is 0. The molecule has 0 radical (unpaired) electrons. The van der Waals surface area contributed by atoms with E-state index in [2.05, 4.69) is 10.6 Å². The molecule has 1 amide bonds. The zero-order valence-electron chi connectivity index (χ0n) is 11.8. The smallest absolute Gasteiger partial charge is 0.407 e. The Balaban J connectivity index is 1.96. The lowest BCUT2D eigenvalue weighted by Crippen LogP contribution is -2.39. The van der Waals surface area contributed by atoms with E-state index in [0.717, 1.165) is 26.1 Å². The van der Waals surface area contributed by atoms with Crippen LogP contribution in [-0.2, 0) is 9.47 Å². The van der Waals surface area contributed by atoms with Crippen molar-refractivity contribution in [2.45, 2.75) is 51.7 Å². The SMILES string of the molecule is CC(C)(C)OC(=O)NCCNCC1CCCCO1. The second kappa shape index (κ2) is 7.59. The van der Waals surface area contributed by atoms with Crippen LogP contribution in [0.2, 0.25) is 0 Å². The number of alkyl carbamates (subject to hydrolysis) is 1. The summed E-state index contributed by atoms with van der Waals surface area (Å²) >= 11 is 0. The van der Waals surface area contributed by atoms with Crippen LogP contribution in [0.15, 0.2) is 0 Å². The van der Waals surface area contributed by atoms with Gasteiger partial charge in [0.1, 0.15) is 5.60 Å². The first-order chi connectivity index (χ1) is 8.47. The van der Waals surface area contributed by atoms with Crippen molar-refractivity contribution in [2.24, 2.45) is 0 Å². The highest BCUT2D eigenvalue weighted by molar-refractivity contribution is 5.67. The zero-order valence-corrected chi connectivity index (χ0v) is 11.8. The first-order valence-corrected chi connectivity index (χ1v) is 6.76. The van der Waals surface area contributed by atoms with E-state index in [-0.39, 0.29) is 6.09 Å². The van der Waals surface area contributed by atoms with Crippen LogP contribution in [0.4, 0.5) is 4.79 Å². The van der Waals surface area contributed by atoms with E-state index in [0.29, 0.717) is 12.6 Å². The summed E-state index contributed by atoms with van der Waals surface area (Å²) in [4.78, 5) is 11.3. The first-order valence-electron chi connectivity index (χ1n) is 6.76. The molecule has 1 saturated heterocycles. The number of amides is 1. The van der Waals surface area contributed by atoms with Crippen molar-refractivity contribution in [1.29, 1.82) is 0 Å². The van der Waals surface area contributed by atoms with E-state index in [4.69, 9.17) is 9.47 Å². The number of hydrogen-bond donors (Lipinski definition) is 2. The van der Waals surface area contributed by atoms with Crippen molar-refractivity contribution >= 4 is 6.09 Å². The van der Waals surface area contributed by atoms with Crippen LogP contribution in [-0.4, -0.2) is 44.0 Å². The molecule has 0 aromatic rings. The lowest BCUT2D eigenvalue weighted by Gasteiger charge is -2.23. The highest BCUT2D eigenvalue weighted by atomic mass is 16.6. The van der Waals surface area contributed by atoms with Crippen LogP contribution in [0.3, 0.4) is 0 Å². The Bertz CT molecular complexity index is 245. The van der Waals surface area contributed by atoms with Crippen LogP contribution < -0.4 is 10.6 Å². The van der Waals surface area contributed by atoms with Crippen LogP contribution in [0.1, 0.15) is 40.0 Å². The van der Waals surface area contributed by atoms with Gasteiger partial charge in [0.15, 0.2) is 0 Å². The highest BCUT2D eigenvalue weighted by Crippen LogP contribution is 2.11. The third-order valence-electron chi connectivity index (χ3n) is 2.62. The van der Waals surface area contributed by atoms with Gasteiger partial charge in [0.2, 0.25) is 0 Å². The fraction of sp³-hybridized carbons (Fsp3) is 0.923. The van der Waals surface area contributed by atoms with Crippen molar-refractivity contribution in [2.75, 3.05) is 26.2 Å². The summed E-state index contributed by atoms with van der Waals surface area (Å²) < 4.78 is 10.7. The summed E-state index contributed by atoms with van der Waals surface area (Å²) in [5.74, 6) is 0. The maximum absolute atomic E-state index is 11.3. The Morgan fingerprint density at radius 2 is 2.11 bits per heavy atom. The van der Waals surface area contributed by atoms with Crippen molar-refractivity contribution in [3.63, 3.8) is 0 Å². The van der Waals surface area contributed by atoms with Crippen molar-refractivity contribution in [3.05, 3.63) is 0 Å². The van der Waals surface area contributed by atoms with Crippen LogP contribution in [0, 0.1) is 0 Å². The molecule has 1 unspecified atom stereocenters. The molecule has 18 heavy (non-hydrogen) atoms. The lowest BCUT2D eigenvalue weighted by atomic mass is 10.1. The van der Waals surface area contributed by atoms with Gasteiger partial charge < -0.3 is 20.1 Å². The van der Waals surface area contributed by atoms with E-state index in [1.165, 1.54) is 12.8 Å². The maximum Gasteiger partial charge on any atom is 0.407 e. The minimum atomic E-state index is -0.437. The van der Waals surface area contributed by atoms with Gasteiger partial charge in [-0.2, -0.15) is 0 Å². The van der Waals surface area contributed by atoms with E-state index < -0.39 is 5.60 Å². The van der Waals surface area contributed by atoms with Gasteiger partial charge in [-0.3, -0.25) is 0 Å². The second-order valence-corrected chi connectivity index (χ2v) is 5.62. The fourth-order valence-corrected chi connectivity index (χ4v) is 1.80. The Morgan fingerprint density at radius 1 is 1.33 bits per heavy atom. The van der Waals surface area contributed by atoms with Gasteiger partial charge >= 0.3 is 6.09 Å². The Morgan fingerprint density at radius 3 is 2.72 bits per heavy atom. The molecule has 5 heteroatoms. The lowest BCUT2D eigenvalue weighted by molar-refractivity contribution is 0.0171. The topological polar surface area (TPSA) is 59.6 Å². The normalized spacial score (nSPS) is 20.5. The van der Waals surface area contributed by atoms with E-state index in [1.54, 1.807) is 0 Å². The number of hydrogen-bond acceptors (Lipinski definition) is 4. The Kier molecular flexibility index (Phi) is 6.43. The third kappa shape index (κ3) is 7.50. The Labute approximate surface area is 110 Å². The number of carbonyl (C=O) groups excluding carboxylic acids is 1. The molecule has 0 bridgehead atoms. The molecule has 0 saturated carbocycles. The van der Waals surface area contributed by atoms with Crippen molar-refractivity contribution < 1.29 is 14.3 Å². The molecule has 1 heterocycles. The highest BCUT2D eigenvalue weighted by Gasteiger charge is 2.15. The average molecular weight is 258 g/mol. The minimum absolute atomic E-state index is 0.334. The molecule has 1 atom stereocenters. The predicted molar refractivity (Wildman–Crippen MR) is 70.7 cm³/mol. The quantitative estimate of drug-likeness (QED) is 0.736. The first kappa shape index (κ1) is 15.2. The number of nitrogens with one attached hydrogen (secondary N) is 2. The van der Waals surface area contributed by atoms with E-state index in [9.17, 15) is 4.79 Å². The number of rotatable bonds is 5. The number of ether oxygens (including phenoxy) is 2. The van der Waals surface area contributed by atoms with Gasteiger partial charge in [-0.05, 0) is 40.0 Å². The maximum atomic E-state index is 11.3. The fourth-order valence-electron chi connectivity index (χ4n) is 1.80. The molecule has 2 N–H and O–H groups in total. The van der Waals surface area contributed by atoms with Crippen molar-refractivity contribution in [1.82, 2.24) is 10.6 Å². The minimum Gasteiger partial charge on any atom is -0.444 e. The molecule has 0 aliphatic carbocycles. The molecule has 1 rings (SSSR count). The molecular formula is C13H26N2O3. The molecular weight excluding hydrogens is 232 g/mol. The summed E-state index contributed by atoms with van der Waals surface area (Å²) in [6.45, 7) is 8.60. The molecule has 106 valence electrons. The van der Waals surface area contributed by atoms with Crippen LogP contribution >= 0.6 is 0 Å². The molecule has 5 nitrogen and oxygen atoms in total. The van der Waals surface area contributed by atoms with Gasteiger partial charge in [-0.25, -0.2) is 4.79 Å². The molecule has 0 aromatic heterocycles. The van der Waals surface area contributed by atoms with Gasteiger partial charge in [0.05, 0.1) is 6.10 Å². The average Bonchev–Trinajstić information content (AvgIpc) is 2.27. The standard InChI is InChI=1S/C13H26N2O3/c1-13(2,3)18-12(16)15-8-7-14-10-11-6-4-5-9-17-11/h11,14H,4-10H2,1-3H3,(H,15,16).